The Morgan fingerprint density at radius 3 is 2.94 bits per heavy atom. The fourth-order valence-electron chi connectivity index (χ4n) is 2.32. The lowest BCUT2D eigenvalue weighted by Crippen LogP contribution is -2.13. The second kappa shape index (κ2) is 4.74. The molecule has 1 aliphatic rings. The van der Waals surface area contributed by atoms with E-state index in [1.54, 1.807) is 0 Å². The van der Waals surface area contributed by atoms with Crippen molar-refractivity contribution in [1.29, 1.82) is 0 Å². The van der Waals surface area contributed by atoms with Crippen molar-refractivity contribution in [1.82, 2.24) is 0 Å². The second-order valence-corrected chi connectivity index (χ2v) is 4.75. The normalized spacial score (nSPS) is 24.6. The number of rotatable bonds is 3. The zero-order valence-corrected chi connectivity index (χ0v) is 9.74. The van der Waals surface area contributed by atoms with Gasteiger partial charge in [-0.15, -0.1) is 0 Å². The summed E-state index contributed by atoms with van der Waals surface area (Å²) in [5.41, 5.74) is 8.94. The standard InChI is InChI=1S/C13H20N2O/c1-9-3-2-4-12(13(9)14)15-8-10-5-6-11(16)7-10/h2-4,10-11,15-16H,5-8,14H2,1H3. The molecular formula is C13H20N2O. The molecule has 4 N–H and O–H groups in total. The zero-order chi connectivity index (χ0) is 11.5. The highest BCUT2D eigenvalue weighted by Gasteiger charge is 2.22. The first kappa shape index (κ1) is 11.3. The van der Waals surface area contributed by atoms with E-state index in [2.05, 4.69) is 5.32 Å². The molecule has 0 saturated heterocycles. The highest BCUT2D eigenvalue weighted by atomic mass is 16.3. The van der Waals surface area contributed by atoms with Gasteiger partial charge in [0.15, 0.2) is 0 Å². The van der Waals surface area contributed by atoms with E-state index in [0.717, 1.165) is 42.7 Å². The minimum Gasteiger partial charge on any atom is -0.397 e. The van der Waals surface area contributed by atoms with Crippen molar-refractivity contribution < 1.29 is 5.11 Å². The highest BCUT2D eigenvalue weighted by Crippen LogP contribution is 2.27. The van der Waals surface area contributed by atoms with Crippen LogP contribution in [0.4, 0.5) is 11.4 Å². The first-order valence-corrected chi connectivity index (χ1v) is 5.94. The quantitative estimate of drug-likeness (QED) is 0.684. The second-order valence-electron chi connectivity index (χ2n) is 4.75. The molecule has 2 unspecified atom stereocenters. The summed E-state index contributed by atoms with van der Waals surface area (Å²) in [6.45, 7) is 2.92. The topological polar surface area (TPSA) is 58.3 Å². The molecule has 88 valence electrons. The molecule has 0 spiro atoms. The van der Waals surface area contributed by atoms with E-state index in [9.17, 15) is 5.11 Å². The molecule has 16 heavy (non-hydrogen) atoms. The van der Waals surface area contributed by atoms with Crippen LogP contribution in [0.25, 0.3) is 0 Å². The average Bonchev–Trinajstić information content (AvgIpc) is 2.67. The van der Waals surface area contributed by atoms with Gasteiger partial charge in [0.05, 0.1) is 17.5 Å². The predicted molar refractivity (Wildman–Crippen MR) is 67.4 cm³/mol. The molecule has 2 atom stereocenters. The van der Waals surface area contributed by atoms with E-state index in [1.807, 2.05) is 25.1 Å². The fourth-order valence-corrected chi connectivity index (χ4v) is 2.32. The Morgan fingerprint density at radius 1 is 1.44 bits per heavy atom. The number of aliphatic hydroxyl groups excluding tert-OH is 1. The Morgan fingerprint density at radius 2 is 2.25 bits per heavy atom. The number of para-hydroxylation sites is 1. The molecule has 0 heterocycles. The maximum Gasteiger partial charge on any atom is 0.0579 e. The Labute approximate surface area is 96.7 Å². The van der Waals surface area contributed by atoms with E-state index in [1.165, 1.54) is 0 Å². The van der Waals surface area contributed by atoms with Gasteiger partial charge in [0, 0.05) is 6.54 Å². The van der Waals surface area contributed by atoms with Crippen LogP contribution in [0, 0.1) is 12.8 Å². The first-order chi connectivity index (χ1) is 7.66. The van der Waals surface area contributed by atoms with Crippen molar-refractivity contribution in [3.05, 3.63) is 23.8 Å². The van der Waals surface area contributed by atoms with Crippen LogP contribution in [0.5, 0.6) is 0 Å². The summed E-state index contributed by atoms with van der Waals surface area (Å²) in [6, 6.07) is 6.03. The van der Waals surface area contributed by atoms with Gasteiger partial charge in [0.25, 0.3) is 0 Å². The van der Waals surface area contributed by atoms with Gasteiger partial charge in [0.1, 0.15) is 0 Å². The fraction of sp³-hybridized carbons (Fsp3) is 0.538. The molecule has 0 radical (unpaired) electrons. The Balaban J connectivity index is 1.92. The summed E-state index contributed by atoms with van der Waals surface area (Å²) in [5, 5.41) is 12.8. The molecule has 1 aromatic carbocycles. The number of nitrogen functional groups attached to an aromatic ring is 1. The van der Waals surface area contributed by atoms with E-state index in [0.29, 0.717) is 5.92 Å². The third-order valence-corrected chi connectivity index (χ3v) is 3.42. The minimum atomic E-state index is -0.0957. The molecule has 1 aliphatic carbocycles. The van der Waals surface area contributed by atoms with Crippen LogP contribution in [0.15, 0.2) is 18.2 Å². The van der Waals surface area contributed by atoms with Crippen LogP contribution in [-0.2, 0) is 0 Å². The van der Waals surface area contributed by atoms with E-state index >= 15 is 0 Å². The third kappa shape index (κ3) is 2.47. The molecule has 0 bridgehead atoms. The molecule has 0 aliphatic heterocycles. The van der Waals surface area contributed by atoms with Crippen molar-refractivity contribution in [3.8, 4) is 0 Å². The molecular weight excluding hydrogens is 200 g/mol. The summed E-state index contributed by atoms with van der Waals surface area (Å²) >= 11 is 0. The van der Waals surface area contributed by atoms with Gasteiger partial charge in [-0.25, -0.2) is 0 Å². The summed E-state index contributed by atoms with van der Waals surface area (Å²) in [5.74, 6) is 0.579. The van der Waals surface area contributed by atoms with Gasteiger partial charge >= 0.3 is 0 Å². The van der Waals surface area contributed by atoms with Gasteiger partial charge in [-0.1, -0.05) is 12.1 Å². The SMILES string of the molecule is Cc1cccc(NCC2CCC(O)C2)c1N. The molecule has 1 aromatic rings. The lowest BCUT2D eigenvalue weighted by molar-refractivity contribution is 0.178. The van der Waals surface area contributed by atoms with Crippen molar-refractivity contribution in [3.63, 3.8) is 0 Å². The molecule has 3 nitrogen and oxygen atoms in total. The van der Waals surface area contributed by atoms with Crippen LogP contribution in [0.1, 0.15) is 24.8 Å². The van der Waals surface area contributed by atoms with E-state index < -0.39 is 0 Å². The largest absolute Gasteiger partial charge is 0.397 e. The van der Waals surface area contributed by atoms with Crippen LogP contribution < -0.4 is 11.1 Å². The van der Waals surface area contributed by atoms with Crippen LogP contribution >= 0.6 is 0 Å². The van der Waals surface area contributed by atoms with Gasteiger partial charge in [0.2, 0.25) is 0 Å². The lowest BCUT2D eigenvalue weighted by Gasteiger charge is -2.14. The van der Waals surface area contributed by atoms with Crippen LogP contribution in [0.3, 0.4) is 0 Å². The monoisotopic (exact) mass is 220 g/mol. The number of hydrogen-bond acceptors (Lipinski definition) is 3. The number of aryl methyl sites for hydroxylation is 1. The Bertz CT molecular complexity index is 365. The number of nitrogens with one attached hydrogen (secondary N) is 1. The Kier molecular flexibility index (Phi) is 3.34. The molecule has 0 amide bonds. The molecule has 2 rings (SSSR count). The van der Waals surface area contributed by atoms with Gasteiger partial charge in [-0.05, 0) is 43.7 Å². The Hall–Kier alpha value is -1.22. The number of benzene rings is 1. The van der Waals surface area contributed by atoms with Gasteiger partial charge in [-0.3, -0.25) is 0 Å². The van der Waals surface area contributed by atoms with Crippen LogP contribution in [0.2, 0.25) is 0 Å². The first-order valence-electron chi connectivity index (χ1n) is 5.94. The smallest absolute Gasteiger partial charge is 0.0579 e. The zero-order valence-electron chi connectivity index (χ0n) is 9.74. The summed E-state index contributed by atoms with van der Waals surface area (Å²) < 4.78 is 0. The number of hydrogen-bond donors (Lipinski definition) is 3. The average molecular weight is 220 g/mol. The summed E-state index contributed by atoms with van der Waals surface area (Å²) in [4.78, 5) is 0. The molecule has 3 heteroatoms. The van der Waals surface area contributed by atoms with E-state index in [-0.39, 0.29) is 6.10 Å². The molecule has 1 saturated carbocycles. The predicted octanol–water partition coefficient (Wildman–Crippen LogP) is 2.15. The summed E-state index contributed by atoms with van der Waals surface area (Å²) in [7, 11) is 0. The number of anilines is 2. The number of nitrogens with two attached hydrogens (primary N) is 1. The van der Waals surface area contributed by atoms with E-state index in [4.69, 9.17) is 5.73 Å². The highest BCUT2D eigenvalue weighted by molar-refractivity contribution is 5.69. The molecule has 1 fully saturated rings. The van der Waals surface area contributed by atoms with Gasteiger partial charge in [-0.2, -0.15) is 0 Å². The lowest BCUT2D eigenvalue weighted by atomic mass is 10.1. The third-order valence-electron chi connectivity index (χ3n) is 3.42. The number of aliphatic hydroxyl groups is 1. The maximum atomic E-state index is 9.44. The van der Waals surface area contributed by atoms with Crippen molar-refractivity contribution in [2.24, 2.45) is 5.92 Å². The van der Waals surface area contributed by atoms with Crippen molar-refractivity contribution >= 4 is 11.4 Å². The summed E-state index contributed by atoms with van der Waals surface area (Å²) in [6.07, 6.45) is 2.87. The van der Waals surface area contributed by atoms with Gasteiger partial charge < -0.3 is 16.2 Å². The van der Waals surface area contributed by atoms with Crippen LogP contribution in [-0.4, -0.2) is 17.8 Å². The van der Waals surface area contributed by atoms with Crippen molar-refractivity contribution in [2.75, 3.05) is 17.6 Å². The van der Waals surface area contributed by atoms with Crippen molar-refractivity contribution in [2.45, 2.75) is 32.3 Å². The minimum absolute atomic E-state index is 0.0957. The maximum absolute atomic E-state index is 9.44. The molecule has 0 aromatic heterocycles.